The van der Waals surface area contributed by atoms with Crippen LogP contribution in [0, 0.1) is 5.82 Å². The Morgan fingerprint density at radius 3 is 2.21 bits per heavy atom. The van der Waals surface area contributed by atoms with Crippen LogP contribution < -0.4 is 15.2 Å². The average Bonchev–Trinajstić information content (AvgIpc) is 3.64. The lowest BCUT2D eigenvalue weighted by Gasteiger charge is -2.38. The van der Waals surface area contributed by atoms with Crippen molar-refractivity contribution in [1.82, 2.24) is 14.5 Å². The minimum Gasteiger partial charge on any atom is -0.477 e. The maximum atomic E-state index is 14.1. The fraction of sp³-hybridized carbons (Fsp3) is 0.364. The number of alkyl halides is 3. The second-order valence-electron chi connectivity index (χ2n) is 8.30. The zero-order valence-corrected chi connectivity index (χ0v) is 17.7. The molecule has 8 nitrogen and oxygen atoms in total. The molecule has 5 rings (SSSR count). The highest BCUT2D eigenvalue weighted by atomic mass is 19.4. The Hall–Kier alpha value is -3.70. The van der Waals surface area contributed by atoms with Crippen molar-refractivity contribution in [3.05, 3.63) is 57.8 Å². The average molecular weight is 477 g/mol. The van der Waals surface area contributed by atoms with Gasteiger partial charge in [-0.25, -0.2) is 19.2 Å². The first-order valence-electron chi connectivity index (χ1n) is 10.7. The van der Waals surface area contributed by atoms with Gasteiger partial charge in [0.05, 0.1) is 16.5 Å². The molecule has 1 saturated carbocycles. The molecular formula is C22H19F4N5O3. The number of carbonyl (C=O) groups is 1. The first kappa shape index (κ1) is 22.1. The molecule has 0 spiro atoms. The van der Waals surface area contributed by atoms with Gasteiger partial charge in [0.1, 0.15) is 17.2 Å². The number of pyridine rings is 1. The number of rotatable bonds is 4. The minimum atomic E-state index is -4.94. The topological polar surface area (TPSA) is 91.6 Å². The monoisotopic (exact) mass is 477 g/mol. The number of benzene rings is 1. The molecule has 0 atom stereocenters. The molecule has 3 aromatic rings. The van der Waals surface area contributed by atoms with E-state index in [2.05, 4.69) is 9.97 Å². The van der Waals surface area contributed by atoms with Crippen LogP contribution in [0.3, 0.4) is 0 Å². The Bertz CT molecular complexity index is 1330. The first-order valence-corrected chi connectivity index (χ1v) is 10.7. The molecule has 1 aliphatic heterocycles. The molecule has 2 fully saturated rings. The summed E-state index contributed by atoms with van der Waals surface area (Å²) in [5.74, 6) is -2.41. The highest BCUT2D eigenvalue weighted by Crippen LogP contribution is 2.45. The van der Waals surface area contributed by atoms with Crippen molar-refractivity contribution in [2.24, 2.45) is 0 Å². The summed E-state index contributed by atoms with van der Waals surface area (Å²) in [4.78, 5) is 37.2. The van der Waals surface area contributed by atoms with Crippen LogP contribution in [-0.2, 0) is 6.18 Å². The molecule has 3 heterocycles. The molecule has 0 bridgehead atoms. The van der Waals surface area contributed by atoms with E-state index in [1.165, 1.54) is 4.57 Å². The minimum absolute atomic E-state index is 0.0711. The quantitative estimate of drug-likeness (QED) is 0.577. The fourth-order valence-electron chi connectivity index (χ4n) is 4.47. The molecule has 34 heavy (non-hydrogen) atoms. The summed E-state index contributed by atoms with van der Waals surface area (Å²) in [7, 11) is 0. The molecule has 12 heteroatoms. The fourth-order valence-corrected chi connectivity index (χ4v) is 4.47. The van der Waals surface area contributed by atoms with E-state index >= 15 is 0 Å². The third-order valence-electron chi connectivity index (χ3n) is 6.08. The van der Waals surface area contributed by atoms with Crippen LogP contribution in [0.1, 0.15) is 34.8 Å². The van der Waals surface area contributed by atoms with Crippen LogP contribution in [0.15, 0.2) is 35.4 Å². The van der Waals surface area contributed by atoms with Gasteiger partial charge in [0.25, 0.3) is 0 Å². The number of piperazine rings is 1. The van der Waals surface area contributed by atoms with Gasteiger partial charge in [-0.15, -0.1) is 0 Å². The molecule has 2 aliphatic rings. The van der Waals surface area contributed by atoms with Crippen molar-refractivity contribution in [3.63, 3.8) is 0 Å². The Labute approximate surface area is 190 Å². The van der Waals surface area contributed by atoms with E-state index in [1.54, 1.807) is 23.4 Å². The lowest BCUT2D eigenvalue weighted by Crippen LogP contribution is -2.49. The summed E-state index contributed by atoms with van der Waals surface area (Å²) in [5.41, 5.74) is -3.55. The SMILES string of the molecule is O=C(O)c1c(N2CCN(c3ncccn3)CC2)n(C2CC2)c2c(C(F)(F)F)cc(F)cc2c1=O. The van der Waals surface area contributed by atoms with E-state index in [1.807, 2.05) is 4.90 Å². The third kappa shape index (κ3) is 3.72. The maximum Gasteiger partial charge on any atom is 0.418 e. The number of carboxylic acid groups (broad SMARTS) is 1. The van der Waals surface area contributed by atoms with Crippen molar-refractivity contribution >= 4 is 28.6 Å². The van der Waals surface area contributed by atoms with Crippen LogP contribution >= 0.6 is 0 Å². The van der Waals surface area contributed by atoms with E-state index in [-0.39, 0.29) is 18.9 Å². The zero-order chi connectivity index (χ0) is 24.2. The number of hydrogen-bond acceptors (Lipinski definition) is 6. The Balaban J connectivity index is 1.71. The van der Waals surface area contributed by atoms with Crippen LogP contribution in [0.2, 0.25) is 0 Å². The van der Waals surface area contributed by atoms with Crippen LogP contribution in [0.25, 0.3) is 10.9 Å². The predicted octanol–water partition coefficient (Wildman–Crippen LogP) is 3.31. The number of aromatic carboxylic acids is 1. The van der Waals surface area contributed by atoms with E-state index in [0.29, 0.717) is 44.0 Å². The van der Waals surface area contributed by atoms with Gasteiger partial charge in [-0.05, 0) is 31.0 Å². The molecule has 1 aromatic carbocycles. The number of fused-ring (bicyclic) bond motifs is 1. The van der Waals surface area contributed by atoms with E-state index in [4.69, 9.17) is 0 Å². The number of nitrogens with zero attached hydrogens (tertiary/aromatic N) is 5. The van der Waals surface area contributed by atoms with Gasteiger partial charge in [-0.3, -0.25) is 4.79 Å². The molecule has 178 valence electrons. The molecule has 0 amide bonds. The van der Waals surface area contributed by atoms with Crippen molar-refractivity contribution in [3.8, 4) is 0 Å². The smallest absolute Gasteiger partial charge is 0.418 e. The van der Waals surface area contributed by atoms with Crippen molar-refractivity contribution in [2.75, 3.05) is 36.0 Å². The summed E-state index contributed by atoms with van der Waals surface area (Å²) >= 11 is 0. The number of aromatic nitrogens is 3. The lowest BCUT2D eigenvalue weighted by molar-refractivity contribution is -0.136. The summed E-state index contributed by atoms with van der Waals surface area (Å²) < 4.78 is 57.2. The molecule has 0 radical (unpaired) electrons. The van der Waals surface area contributed by atoms with E-state index in [9.17, 15) is 32.3 Å². The molecular weight excluding hydrogens is 458 g/mol. The number of carboxylic acids is 1. The standard InChI is InChI=1S/C22H19F4N5O3/c23-12-10-14-17(15(11-12)22(24,25)26)31(13-2-3-13)19(16(18(14)32)20(33)34)29-6-8-30(9-7-29)21-27-4-1-5-28-21/h1,4-5,10-11,13H,2-3,6-9H2,(H,33,34). The highest BCUT2D eigenvalue weighted by molar-refractivity contribution is 5.99. The van der Waals surface area contributed by atoms with Crippen LogP contribution in [-0.4, -0.2) is 51.8 Å². The number of halogens is 4. The maximum absolute atomic E-state index is 14.1. The summed E-state index contributed by atoms with van der Waals surface area (Å²) in [6.45, 7) is 1.21. The molecule has 1 aliphatic carbocycles. The van der Waals surface area contributed by atoms with Gasteiger partial charge < -0.3 is 19.5 Å². The number of hydrogen-bond donors (Lipinski definition) is 1. The van der Waals surface area contributed by atoms with Gasteiger partial charge >= 0.3 is 12.1 Å². The third-order valence-corrected chi connectivity index (χ3v) is 6.08. The van der Waals surface area contributed by atoms with E-state index in [0.717, 1.165) is 0 Å². The molecule has 2 aromatic heterocycles. The van der Waals surface area contributed by atoms with Crippen LogP contribution in [0.4, 0.5) is 29.3 Å². The molecule has 1 N–H and O–H groups in total. The summed E-state index contributed by atoms with van der Waals surface area (Å²) in [6.07, 6.45) is -0.714. The van der Waals surface area contributed by atoms with Gasteiger partial charge in [0, 0.05) is 44.6 Å². The Morgan fingerprint density at radius 1 is 1.03 bits per heavy atom. The summed E-state index contributed by atoms with van der Waals surface area (Å²) in [5, 5.41) is 9.32. The molecule has 0 unspecified atom stereocenters. The second-order valence-corrected chi connectivity index (χ2v) is 8.30. The normalized spacial score (nSPS) is 16.8. The molecule has 1 saturated heterocycles. The number of anilines is 2. The van der Waals surface area contributed by atoms with Gasteiger partial charge in [0.2, 0.25) is 11.4 Å². The van der Waals surface area contributed by atoms with Gasteiger partial charge in [-0.1, -0.05) is 0 Å². The second kappa shape index (κ2) is 7.96. The van der Waals surface area contributed by atoms with Crippen molar-refractivity contribution in [1.29, 1.82) is 0 Å². The van der Waals surface area contributed by atoms with Gasteiger partial charge in [-0.2, -0.15) is 13.2 Å². The lowest BCUT2D eigenvalue weighted by atomic mass is 10.0. The predicted molar refractivity (Wildman–Crippen MR) is 115 cm³/mol. The zero-order valence-electron chi connectivity index (χ0n) is 17.7. The largest absolute Gasteiger partial charge is 0.477 e. The van der Waals surface area contributed by atoms with Crippen molar-refractivity contribution < 1.29 is 27.5 Å². The Morgan fingerprint density at radius 2 is 1.65 bits per heavy atom. The summed E-state index contributed by atoms with van der Waals surface area (Å²) in [6, 6.07) is 2.30. The first-order chi connectivity index (χ1) is 16.2. The Kier molecular flexibility index (Phi) is 5.18. The van der Waals surface area contributed by atoms with E-state index < -0.39 is 51.5 Å². The highest BCUT2D eigenvalue weighted by Gasteiger charge is 2.40. The van der Waals surface area contributed by atoms with Crippen molar-refractivity contribution in [2.45, 2.75) is 25.1 Å². The van der Waals surface area contributed by atoms with Gasteiger partial charge in [0.15, 0.2) is 0 Å². The van der Waals surface area contributed by atoms with Crippen LogP contribution in [0.5, 0.6) is 0 Å².